The fourth-order valence-corrected chi connectivity index (χ4v) is 6.50. The lowest BCUT2D eigenvalue weighted by molar-refractivity contribution is -0.123. The van der Waals surface area contributed by atoms with Crippen molar-refractivity contribution < 1.29 is 23.4 Å². The molecule has 0 aliphatic carbocycles. The van der Waals surface area contributed by atoms with Crippen LogP contribution in [0.3, 0.4) is 0 Å². The van der Waals surface area contributed by atoms with Crippen LogP contribution < -0.4 is 19.6 Å². The zero-order chi connectivity index (χ0) is 25.3. The Bertz CT molecular complexity index is 1220. The highest BCUT2D eigenvalue weighted by atomic mass is 35.5. The van der Waals surface area contributed by atoms with Crippen molar-refractivity contribution >= 4 is 47.2 Å². The van der Waals surface area contributed by atoms with Crippen molar-refractivity contribution in [3.05, 3.63) is 88.2 Å². The molecule has 10 heteroatoms. The SMILES string of the molecule is COc1cc(/C=N\NC(=O)COc2ccc(C3SCCS3)cc2)cc(Cl)c1OCc1cccc(F)c1. The molecule has 6 nitrogen and oxygen atoms in total. The van der Waals surface area contributed by atoms with Crippen LogP contribution in [0.25, 0.3) is 0 Å². The van der Waals surface area contributed by atoms with E-state index in [1.807, 2.05) is 47.8 Å². The van der Waals surface area contributed by atoms with E-state index in [4.69, 9.17) is 25.8 Å². The van der Waals surface area contributed by atoms with Gasteiger partial charge in [-0.15, -0.1) is 23.5 Å². The minimum absolute atomic E-state index is 0.124. The van der Waals surface area contributed by atoms with Gasteiger partial charge in [0.2, 0.25) is 0 Å². The van der Waals surface area contributed by atoms with Crippen LogP contribution in [-0.2, 0) is 11.4 Å². The molecule has 1 fully saturated rings. The zero-order valence-corrected chi connectivity index (χ0v) is 21.8. The number of hydrogen-bond acceptors (Lipinski definition) is 7. The first-order valence-corrected chi connectivity index (χ1v) is 13.5. The first-order valence-electron chi connectivity index (χ1n) is 11.0. The van der Waals surface area contributed by atoms with Crippen LogP contribution in [0, 0.1) is 5.82 Å². The van der Waals surface area contributed by atoms with Crippen molar-refractivity contribution in [2.24, 2.45) is 5.10 Å². The zero-order valence-electron chi connectivity index (χ0n) is 19.4. The lowest BCUT2D eigenvalue weighted by Gasteiger charge is -2.13. The number of methoxy groups -OCH3 is 1. The number of hydrazone groups is 1. The summed E-state index contributed by atoms with van der Waals surface area (Å²) >= 11 is 10.2. The molecule has 0 radical (unpaired) electrons. The third-order valence-corrected chi connectivity index (χ3v) is 8.46. The molecule has 1 saturated heterocycles. The summed E-state index contributed by atoms with van der Waals surface area (Å²) in [6.07, 6.45) is 1.44. The molecule has 0 atom stereocenters. The number of halogens is 2. The van der Waals surface area contributed by atoms with Crippen molar-refractivity contribution in [3.63, 3.8) is 0 Å². The van der Waals surface area contributed by atoms with E-state index < -0.39 is 5.91 Å². The number of carbonyl (C=O) groups excluding carboxylic acids is 1. The molecule has 0 unspecified atom stereocenters. The van der Waals surface area contributed by atoms with Gasteiger partial charge in [0.25, 0.3) is 5.91 Å². The molecule has 0 bridgehead atoms. The maximum atomic E-state index is 13.4. The fraction of sp³-hybridized carbons (Fsp3) is 0.231. The van der Waals surface area contributed by atoms with Gasteiger partial charge in [-0.2, -0.15) is 5.10 Å². The van der Waals surface area contributed by atoms with Gasteiger partial charge >= 0.3 is 0 Å². The van der Waals surface area contributed by atoms with Gasteiger partial charge in [-0.25, -0.2) is 9.82 Å². The molecule has 4 rings (SSSR count). The van der Waals surface area contributed by atoms with Gasteiger partial charge in [0.15, 0.2) is 18.1 Å². The van der Waals surface area contributed by atoms with Crippen LogP contribution >= 0.6 is 35.1 Å². The quantitative estimate of drug-likeness (QED) is 0.246. The summed E-state index contributed by atoms with van der Waals surface area (Å²) in [6.45, 7) is -0.0425. The first kappa shape index (κ1) is 26.2. The van der Waals surface area contributed by atoms with Crippen LogP contribution in [0.15, 0.2) is 65.8 Å². The molecule has 36 heavy (non-hydrogen) atoms. The van der Waals surface area contributed by atoms with Gasteiger partial charge in [0.1, 0.15) is 18.2 Å². The predicted octanol–water partition coefficient (Wildman–Crippen LogP) is 6.07. The molecule has 1 amide bonds. The van der Waals surface area contributed by atoms with E-state index in [-0.39, 0.29) is 19.0 Å². The van der Waals surface area contributed by atoms with Gasteiger partial charge < -0.3 is 14.2 Å². The van der Waals surface area contributed by atoms with Crippen LogP contribution in [0.2, 0.25) is 5.02 Å². The van der Waals surface area contributed by atoms with Gasteiger partial charge in [-0.05, 0) is 53.1 Å². The van der Waals surface area contributed by atoms with Crippen LogP contribution in [-0.4, -0.2) is 37.3 Å². The van der Waals surface area contributed by atoms with Gasteiger partial charge in [-0.1, -0.05) is 35.9 Å². The second-order valence-corrected chi connectivity index (χ2v) is 10.8. The largest absolute Gasteiger partial charge is 0.493 e. The summed E-state index contributed by atoms with van der Waals surface area (Å²) in [7, 11) is 1.48. The summed E-state index contributed by atoms with van der Waals surface area (Å²) in [4.78, 5) is 12.1. The molecule has 1 aliphatic rings. The number of amides is 1. The van der Waals surface area contributed by atoms with Crippen molar-refractivity contribution in [3.8, 4) is 17.2 Å². The maximum Gasteiger partial charge on any atom is 0.277 e. The van der Waals surface area contributed by atoms with E-state index in [1.165, 1.54) is 42.5 Å². The number of carbonyl (C=O) groups is 1. The highest BCUT2D eigenvalue weighted by Crippen LogP contribution is 2.45. The highest BCUT2D eigenvalue weighted by molar-refractivity contribution is 8.19. The third-order valence-electron chi connectivity index (χ3n) is 5.07. The number of hydrogen-bond donors (Lipinski definition) is 1. The van der Waals surface area contributed by atoms with Crippen molar-refractivity contribution in [2.45, 2.75) is 11.2 Å². The van der Waals surface area contributed by atoms with Crippen LogP contribution in [0.1, 0.15) is 21.3 Å². The number of nitrogens with zero attached hydrogens (tertiary/aromatic N) is 1. The number of thioether (sulfide) groups is 2. The second-order valence-electron chi connectivity index (χ2n) is 7.68. The van der Waals surface area contributed by atoms with Gasteiger partial charge in [-0.3, -0.25) is 4.79 Å². The summed E-state index contributed by atoms with van der Waals surface area (Å²) in [5.74, 6) is 2.93. The number of nitrogens with one attached hydrogen (secondary N) is 1. The fourth-order valence-electron chi connectivity index (χ4n) is 3.37. The van der Waals surface area contributed by atoms with Gasteiger partial charge in [0, 0.05) is 11.5 Å². The van der Waals surface area contributed by atoms with Crippen molar-refractivity contribution in [2.75, 3.05) is 25.2 Å². The average molecular weight is 547 g/mol. The Hall–Kier alpha value is -2.88. The molecular formula is C26H24ClFN2O4S2. The van der Waals surface area contributed by atoms with Crippen LogP contribution in [0.5, 0.6) is 17.2 Å². The molecule has 0 aromatic heterocycles. The molecule has 3 aromatic rings. The Kier molecular flexibility index (Phi) is 9.38. The van der Waals surface area contributed by atoms with E-state index >= 15 is 0 Å². The molecular weight excluding hydrogens is 523 g/mol. The first-order chi connectivity index (χ1) is 17.5. The number of rotatable bonds is 10. The van der Waals surface area contributed by atoms with E-state index in [1.54, 1.807) is 24.3 Å². The summed E-state index contributed by atoms with van der Waals surface area (Å²) in [6, 6.07) is 17.2. The van der Waals surface area contributed by atoms with Crippen molar-refractivity contribution in [1.29, 1.82) is 0 Å². The second kappa shape index (κ2) is 12.9. The summed E-state index contributed by atoms with van der Waals surface area (Å²) in [5, 5.41) is 4.25. The Labute approximate surface area is 222 Å². The normalized spacial score (nSPS) is 13.6. The van der Waals surface area contributed by atoms with E-state index in [0.29, 0.717) is 38.0 Å². The number of ether oxygens (including phenoxy) is 3. The smallest absolute Gasteiger partial charge is 0.277 e. The molecule has 1 aliphatic heterocycles. The van der Waals surface area contributed by atoms with E-state index in [2.05, 4.69) is 10.5 Å². The Morgan fingerprint density at radius 3 is 2.64 bits per heavy atom. The molecule has 0 spiro atoms. The highest BCUT2D eigenvalue weighted by Gasteiger charge is 2.18. The van der Waals surface area contributed by atoms with Gasteiger partial charge in [0.05, 0.1) is 22.9 Å². The standard InChI is InChI=1S/C26H24ClFN2O4S2/c1-32-23-13-18(12-22(27)25(23)34-15-17-3-2-4-20(28)11-17)14-29-30-24(31)16-33-21-7-5-19(6-8-21)26-35-9-10-36-26/h2-8,11-14,26H,9-10,15-16H2,1H3,(H,30,31)/b29-14-. The van der Waals surface area contributed by atoms with Crippen LogP contribution in [0.4, 0.5) is 4.39 Å². The summed E-state index contributed by atoms with van der Waals surface area (Å²) < 4.78 is 30.5. The molecule has 188 valence electrons. The predicted molar refractivity (Wildman–Crippen MR) is 144 cm³/mol. The maximum absolute atomic E-state index is 13.4. The van der Waals surface area contributed by atoms with E-state index in [0.717, 1.165) is 0 Å². The van der Waals surface area contributed by atoms with E-state index in [9.17, 15) is 9.18 Å². The molecule has 3 aromatic carbocycles. The third kappa shape index (κ3) is 7.32. The number of benzene rings is 3. The van der Waals surface area contributed by atoms with Crippen molar-refractivity contribution in [1.82, 2.24) is 5.43 Å². The topological polar surface area (TPSA) is 69.2 Å². The lowest BCUT2D eigenvalue weighted by atomic mass is 10.2. The molecule has 1 N–H and O–H groups in total. The Morgan fingerprint density at radius 1 is 1.14 bits per heavy atom. The molecule has 0 saturated carbocycles. The monoisotopic (exact) mass is 546 g/mol. The summed E-state index contributed by atoms with van der Waals surface area (Å²) in [5.41, 5.74) is 4.93. The Balaban J connectivity index is 1.28. The Morgan fingerprint density at radius 2 is 1.92 bits per heavy atom. The lowest BCUT2D eigenvalue weighted by Crippen LogP contribution is -2.24. The minimum Gasteiger partial charge on any atom is -0.493 e. The minimum atomic E-state index is -0.398. The average Bonchev–Trinajstić information content (AvgIpc) is 3.42. The molecule has 1 heterocycles.